The summed E-state index contributed by atoms with van der Waals surface area (Å²) in [5, 5.41) is 14.6. The summed E-state index contributed by atoms with van der Waals surface area (Å²) in [6.45, 7) is 3.84. The third-order valence-electron chi connectivity index (χ3n) is 2.75. The second kappa shape index (κ2) is 6.78. The molecule has 104 valence electrons. The standard InChI is InChI=1S/C14H20N2O3/c1-9(2)8-12(14(18)19)16-13(17)10-6-4-5-7-11(10)15-3/h4-7,9,12,15H,8H2,1-3H3,(H,16,17)(H,18,19). The minimum absolute atomic E-state index is 0.195. The van der Waals surface area contributed by atoms with Crippen LogP contribution in [-0.4, -0.2) is 30.1 Å². The molecule has 5 nitrogen and oxygen atoms in total. The minimum Gasteiger partial charge on any atom is -0.480 e. The van der Waals surface area contributed by atoms with Crippen molar-refractivity contribution < 1.29 is 14.7 Å². The molecule has 1 aromatic rings. The second-order valence-corrected chi connectivity index (χ2v) is 4.79. The first-order valence-corrected chi connectivity index (χ1v) is 6.26. The van der Waals surface area contributed by atoms with Gasteiger partial charge in [-0.15, -0.1) is 0 Å². The van der Waals surface area contributed by atoms with Crippen molar-refractivity contribution in [2.45, 2.75) is 26.3 Å². The summed E-state index contributed by atoms with van der Waals surface area (Å²) in [4.78, 5) is 23.2. The summed E-state index contributed by atoms with van der Waals surface area (Å²) in [5.74, 6) is -1.19. The number of amides is 1. The van der Waals surface area contributed by atoms with Crippen LogP contribution in [0.3, 0.4) is 0 Å². The molecule has 0 saturated heterocycles. The molecule has 1 aromatic carbocycles. The monoisotopic (exact) mass is 264 g/mol. The number of carboxylic acids is 1. The average molecular weight is 264 g/mol. The molecule has 0 heterocycles. The highest BCUT2D eigenvalue weighted by atomic mass is 16.4. The van der Waals surface area contributed by atoms with Crippen LogP contribution in [0.1, 0.15) is 30.6 Å². The van der Waals surface area contributed by atoms with E-state index < -0.39 is 12.0 Å². The van der Waals surface area contributed by atoms with E-state index in [2.05, 4.69) is 10.6 Å². The summed E-state index contributed by atoms with van der Waals surface area (Å²) in [7, 11) is 1.72. The van der Waals surface area contributed by atoms with Gasteiger partial charge in [0.1, 0.15) is 6.04 Å². The van der Waals surface area contributed by atoms with E-state index in [9.17, 15) is 9.59 Å². The smallest absolute Gasteiger partial charge is 0.326 e. The van der Waals surface area contributed by atoms with Crippen LogP contribution in [0, 0.1) is 5.92 Å². The number of carbonyl (C=O) groups excluding carboxylic acids is 1. The Morgan fingerprint density at radius 1 is 1.26 bits per heavy atom. The zero-order valence-corrected chi connectivity index (χ0v) is 11.4. The van der Waals surface area contributed by atoms with Gasteiger partial charge in [-0.2, -0.15) is 0 Å². The number of benzene rings is 1. The minimum atomic E-state index is -1.01. The highest BCUT2D eigenvalue weighted by Crippen LogP contribution is 2.15. The summed E-state index contributed by atoms with van der Waals surface area (Å²) in [6, 6.07) is 6.12. The number of para-hydroxylation sites is 1. The van der Waals surface area contributed by atoms with Gasteiger partial charge in [-0.1, -0.05) is 26.0 Å². The number of carbonyl (C=O) groups is 2. The van der Waals surface area contributed by atoms with Crippen molar-refractivity contribution in [2.24, 2.45) is 5.92 Å². The van der Waals surface area contributed by atoms with Crippen LogP contribution in [0.15, 0.2) is 24.3 Å². The van der Waals surface area contributed by atoms with Gasteiger partial charge in [0, 0.05) is 12.7 Å². The lowest BCUT2D eigenvalue weighted by atomic mass is 10.0. The fourth-order valence-electron chi connectivity index (χ4n) is 1.83. The number of hydrogen-bond acceptors (Lipinski definition) is 3. The zero-order chi connectivity index (χ0) is 14.4. The second-order valence-electron chi connectivity index (χ2n) is 4.79. The summed E-state index contributed by atoms with van der Waals surface area (Å²) in [6.07, 6.45) is 0.406. The van der Waals surface area contributed by atoms with Crippen molar-refractivity contribution in [1.82, 2.24) is 5.32 Å². The van der Waals surface area contributed by atoms with Crippen LogP contribution < -0.4 is 10.6 Å². The third-order valence-corrected chi connectivity index (χ3v) is 2.75. The normalized spacial score (nSPS) is 12.0. The number of aliphatic carboxylic acids is 1. The van der Waals surface area contributed by atoms with E-state index in [1.807, 2.05) is 19.9 Å². The molecule has 0 aliphatic rings. The third kappa shape index (κ3) is 4.28. The molecule has 0 aliphatic carbocycles. The number of rotatable bonds is 6. The molecule has 1 atom stereocenters. The van der Waals surface area contributed by atoms with Gasteiger partial charge < -0.3 is 15.7 Å². The molecule has 1 amide bonds. The molecule has 3 N–H and O–H groups in total. The van der Waals surface area contributed by atoms with E-state index >= 15 is 0 Å². The first kappa shape index (κ1) is 15.0. The van der Waals surface area contributed by atoms with Crippen LogP contribution in [-0.2, 0) is 4.79 Å². The van der Waals surface area contributed by atoms with Gasteiger partial charge >= 0.3 is 5.97 Å². The Labute approximate surface area is 113 Å². The molecule has 1 unspecified atom stereocenters. The van der Waals surface area contributed by atoms with E-state index in [0.29, 0.717) is 17.7 Å². The Morgan fingerprint density at radius 2 is 1.89 bits per heavy atom. The van der Waals surface area contributed by atoms with Crippen LogP contribution >= 0.6 is 0 Å². The molecule has 0 aliphatic heterocycles. The molecule has 0 saturated carbocycles. The van der Waals surface area contributed by atoms with E-state index in [-0.39, 0.29) is 11.8 Å². The summed E-state index contributed by atoms with van der Waals surface area (Å²) < 4.78 is 0. The fraction of sp³-hybridized carbons (Fsp3) is 0.429. The topological polar surface area (TPSA) is 78.4 Å². The van der Waals surface area contributed by atoms with Gasteiger partial charge in [-0.3, -0.25) is 4.79 Å². The first-order chi connectivity index (χ1) is 8.95. The molecular weight excluding hydrogens is 244 g/mol. The maximum absolute atomic E-state index is 12.1. The molecule has 0 bridgehead atoms. The van der Waals surface area contributed by atoms with Crippen LogP contribution in [0.5, 0.6) is 0 Å². The van der Waals surface area contributed by atoms with Gasteiger partial charge in [-0.25, -0.2) is 4.79 Å². The number of anilines is 1. The Hall–Kier alpha value is -2.04. The molecule has 19 heavy (non-hydrogen) atoms. The van der Waals surface area contributed by atoms with Crippen molar-refractivity contribution in [2.75, 3.05) is 12.4 Å². The summed E-state index contributed by atoms with van der Waals surface area (Å²) >= 11 is 0. The van der Waals surface area contributed by atoms with Crippen LogP contribution in [0.2, 0.25) is 0 Å². The SMILES string of the molecule is CNc1ccccc1C(=O)NC(CC(C)C)C(=O)O. The molecule has 0 spiro atoms. The Kier molecular flexibility index (Phi) is 5.36. The van der Waals surface area contributed by atoms with Crippen molar-refractivity contribution in [3.63, 3.8) is 0 Å². The van der Waals surface area contributed by atoms with E-state index in [1.165, 1.54) is 0 Å². The largest absolute Gasteiger partial charge is 0.480 e. The predicted molar refractivity (Wildman–Crippen MR) is 74.3 cm³/mol. The van der Waals surface area contributed by atoms with Gasteiger partial charge in [0.2, 0.25) is 0 Å². The Bertz CT molecular complexity index is 458. The van der Waals surface area contributed by atoms with Crippen molar-refractivity contribution in [1.29, 1.82) is 0 Å². The van der Waals surface area contributed by atoms with Crippen LogP contribution in [0.4, 0.5) is 5.69 Å². The maximum atomic E-state index is 12.1. The molecular formula is C14H20N2O3. The zero-order valence-electron chi connectivity index (χ0n) is 11.4. The molecule has 0 aromatic heterocycles. The van der Waals surface area contributed by atoms with E-state index in [1.54, 1.807) is 25.2 Å². The maximum Gasteiger partial charge on any atom is 0.326 e. The number of carboxylic acid groups (broad SMARTS) is 1. The van der Waals surface area contributed by atoms with Crippen molar-refractivity contribution in [3.8, 4) is 0 Å². The molecule has 0 fully saturated rings. The van der Waals surface area contributed by atoms with Crippen molar-refractivity contribution in [3.05, 3.63) is 29.8 Å². The Balaban J connectivity index is 2.84. The van der Waals surface area contributed by atoms with Gasteiger partial charge in [0.25, 0.3) is 5.91 Å². The summed E-state index contributed by atoms with van der Waals surface area (Å²) in [5.41, 5.74) is 1.12. The van der Waals surface area contributed by atoms with Gasteiger partial charge in [-0.05, 0) is 24.5 Å². The molecule has 0 radical (unpaired) electrons. The number of nitrogens with one attached hydrogen (secondary N) is 2. The predicted octanol–water partition coefficient (Wildman–Crippen LogP) is 1.96. The van der Waals surface area contributed by atoms with Gasteiger partial charge in [0.05, 0.1) is 5.56 Å². The molecule has 5 heteroatoms. The highest BCUT2D eigenvalue weighted by molar-refractivity contribution is 6.01. The fourth-order valence-corrected chi connectivity index (χ4v) is 1.83. The lowest BCUT2D eigenvalue weighted by Crippen LogP contribution is -2.41. The van der Waals surface area contributed by atoms with E-state index in [4.69, 9.17) is 5.11 Å². The average Bonchev–Trinajstić information content (AvgIpc) is 2.37. The van der Waals surface area contributed by atoms with Gasteiger partial charge in [0.15, 0.2) is 0 Å². The highest BCUT2D eigenvalue weighted by Gasteiger charge is 2.22. The quantitative estimate of drug-likeness (QED) is 0.734. The van der Waals surface area contributed by atoms with E-state index in [0.717, 1.165) is 0 Å². The lowest BCUT2D eigenvalue weighted by molar-refractivity contribution is -0.139. The van der Waals surface area contributed by atoms with Crippen molar-refractivity contribution >= 4 is 17.6 Å². The molecule has 1 rings (SSSR count). The first-order valence-electron chi connectivity index (χ1n) is 6.26. The van der Waals surface area contributed by atoms with Crippen LogP contribution in [0.25, 0.3) is 0 Å². The lowest BCUT2D eigenvalue weighted by Gasteiger charge is -2.17. The Morgan fingerprint density at radius 3 is 2.42 bits per heavy atom. The number of hydrogen-bond donors (Lipinski definition) is 3.